The van der Waals surface area contributed by atoms with E-state index in [2.05, 4.69) is 10.2 Å². The molecule has 98 valence electrons. The zero-order valence-corrected chi connectivity index (χ0v) is 11.0. The number of halogens is 1. The Bertz CT molecular complexity index is 439. The minimum absolute atomic E-state index is 0.255. The van der Waals surface area contributed by atoms with Gasteiger partial charge in [0.25, 0.3) is 0 Å². The van der Waals surface area contributed by atoms with Gasteiger partial charge >= 0.3 is 5.97 Å². The van der Waals surface area contributed by atoms with Crippen LogP contribution in [0.25, 0.3) is 0 Å². The smallest absolute Gasteiger partial charge is 0.320 e. The van der Waals surface area contributed by atoms with Crippen LogP contribution < -0.4 is 5.32 Å². The van der Waals surface area contributed by atoms with Crippen molar-refractivity contribution in [2.75, 3.05) is 13.6 Å². The van der Waals surface area contributed by atoms with Crippen LogP contribution in [0, 0.1) is 0 Å². The number of likely N-dealkylation sites (N-methyl/N-ethyl adjacent to an activating group) is 1. The molecule has 2 atom stereocenters. The molecule has 0 unspecified atom stereocenters. The van der Waals surface area contributed by atoms with E-state index in [0.29, 0.717) is 13.0 Å². The van der Waals surface area contributed by atoms with Crippen molar-refractivity contribution in [1.82, 2.24) is 10.2 Å². The largest absolute Gasteiger partial charge is 0.480 e. The van der Waals surface area contributed by atoms with Gasteiger partial charge in [0.15, 0.2) is 0 Å². The van der Waals surface area contributed by atoms with E-state index in [4.69, 9.17) is 16.7 Å². The Morgan fingerprint density at radius 2 is 2.39 bits per heavy atom. The lowest BCUT2D eigenvalue weighted by molar-refractivity contribution is -0.139. The highest BCUT2D eigenvalue weighted by Crippen LogP contribution is 2.17. The second kappa shape index (κ2) is 5.69. The lowest BCUT2D eigenvalue weighted by atomic mass is 10.1. The molecule has 1 aromatic rings. The lowest BCUT2D eigenvalue weighted by Gasteiger charge is -2.23. The van der Waals surface area contributed by atoms with Gasteiger partial charge in [0.05, 0.1) is 0 Å². The van der Waals surface area contributed by atoms with Crippen LogP contribution >= 0.6 is 11.6 Å². The maximum absolute atomic E-state index is 10.9. The van der Waals surface area contributed by atoms with Crippen molar-refractivity contribution >= 4 is 17.6 Å². The summed E-state index contributed by atoms with van der Waals surface area (Å²) in [5, 5.41) is 12.7. The zero-order valence-electron chi connectivity index (χ0n) is 10.3. The van der Waals surface area contributed by atoms with Gasteiger partial charge in [-0.25, -0.2) is 0 Å². The van der Waals surface area contributed by atoms with Gasteiger partial charge in [-0.2, -0.15) is 0 Å². The number of carbonyl (C=O) groups is 1. The van der Waals surface area contributed by atoms with Crippen molar-refractivity contribution in [3.8, 4) is 0 Å². The lowest BCUT2D eigenvalue weighted by Crippen LogP contribution is -2.32. The average Bonchev–Trinajstić information content (AvgIpc) is 2.78. The Morgan fingerprint density at radius 3 is 3.00 bits per heavy atom. The van der Waals surface area contributed by atoms with Crippen LogP contribution in [0.3, 0.4) is 0 Å². The number of nitrogens with one attached hydrogen (secondary N) is 1. The highest BCUT2D eigenvalue weighted by Gasteiger charge is 2.31. The number of aliphatic carboxylic acids is 1. The summed E-state index contributed by atoms with van der Waals surface area (Å²) >= 11 is 5.94. The quantitative estimate of drug-likeness (QED) is 0.871. The number of carboxylic acid groups (broad SMARTS) is 1. The molecule has 2 N–H and O–H groups in total. The topological polar surface area (TPSA) is 52.6 Å². The molecule has 0 spiro atoms. The van der Waals surface area contributed by atoms with E-state index in [1.165, 1.54) is 0 Å². The fourth-order valence-electron chi connectivity index (χ4n) is 2.29. The van der Waals surface area contributed by atoms with Gasteiger partial charge in [0.1, 0.15) is 6.04 Å². The summed E-state index contributed by atoms with van der Waals surface area (Å²) in [4.78, 5) is 13.0. The first-order chi connectivity index (χ1) is 8.56. The molecule has 0 amide bonds. The molecule has 4 nitrogen and oxygen atoms in total. The molecule has 1 heterocycles. The maximum Gasteiger partial charge on any atom is 0.320 e. The molecule has 1 aliphatic rings. The Labute approximate surface area is 112 Å². The number of hydrogen-bond donors (Lipinski definition) is 2. The first-order valence-corrected chi connectivity index (χ1v) is 6.35. The minimum Gasteiger partial charge on any atom is -0.480 e. The molecular formula is C13H17ClN2O2. The highest BCUT2D eigenvalue weighted by molar-refractivity contribution is 6.30. The predicted octanol–water partition coefficient (Wildman–Crippen LogP) is 1.59. The second-order valence-electron chi connectivity index (χ2n) is 4.73. The van der Waals surface area contributed by atoms with Gasteiger partial charge < -0.3 is 10.4 Å². The third kappa shape index (κ3) is 3.22. The standard InChI is InChI=1S/C13H17ClN2O2/c1-16(8-9-3-2-4-10(14)5-9)11-6-12(13(17)18)15-7-11/h2-5,11-12,15H,6-8H2,1H3,(H,17,18)/t11-,12-/m0/s1. The van der Waals surface area contributed by atoms with Crippen LogP contribution in [-0.2, 0) is 11.3 Å². The molecule has 0 aromatic heterocycles. The molecular weight excluding hydrogens is 252 g/mol. The van der Waals surface area contributed by atoms with Crippen molar-refractivity contribution in [3.05, 3.63) is 34.9 Å². The zero-order chi connectivity index (χ0) is 13.1. The van der Waals surface area contributed by atoms with Crippen LogP contribution in [0.15, 0.2) is 24.3 Å². The number of rotatable bonds is 4. The van der Waals surface area contributed by atoms with Gasteiger partial charge in [-0.1, -0.05) is 23.7 Å². The molecule has 0 radical (unpaired) electrons. The second-order valence-corrected chi connectivity index (χ2v) is 5.17. The molecule has 1 aliphatic heterocycles. The van der Waals surface area contributed by atoms with Crippen molar-refractivity contribution in [2.24, 2.45) is 0 Å². The first-order valence-electron chi connectivity index (χ1n) is 5.97. The third-order valence-electron chi connectivity index (χ3n) is 3.35. The molecule has 1 aromatic carbocycles. The molecule has 0 saturated carbocycles. The normalized spacial score (nSPS) is 23.5. The van der Waals surface area contributed by atoms with E-state index in [-0.39, 0.29) is 6.04 Å². The van der Waals surface area contributed by atoms with E-state index in [1.807, 2.05) is 31.3 Å². The Morgan fingerprint density at radius 1 is 1.61 bits per heavy atom. The molecule has 2 rings (SSSR count). The summed E-state index contributed by atoms with van der Waals surface area (Å²) in [6.45, 7) is 1.49. The van der Waals surface area contributed by atoms with Crippen molar-refractivity contribution in [3.63, 3.8) is 0 Å². The van der Waals surface area contributed by atoms with Crippen LogP contribution in [0.1, 0.15) is 12.0 Å². The van der Waals surface area contributed by atoms with Gasteiger partial charge in [0.2, 0.25) is 0 Å². The SMILES string of the molecule is CN(Cc1cccc(Cl)c1)[C@@H]1CN[C@H](C(=O)O)C1. The maximum atomic E-state index is 10.9. The summed E-state index contributed by atoms with van der Waals surface area (Å²) in [7, 11) is 2.01. The first kappa shape index (κ1) is 13.3. The number of benzene rings is 1. The number of carboxylic acids is 1. The number of nitrogens with zero attached hydrogens (tertiary/aromatic N) is 1. The van der Waals surface area contributed by atoms with Crippen LogP contribution in [-0.4, -0.2) is 41.7 Å². The fraction of sp³-hybridized carbons (Fsp3) is 0.462. The monoisotopic (exact) mass is 268 g/mol. The molecule has 18 heavy (non-hydrogen) atoms. The summed E-state index contributed by atoms with van der Waals surface area (Å²) in [6, 6.07) is 7.58. The van der Waals surface area contributed by atoms with Gasteiger partial charge in [0, 0.05) is 24.2 Å². The molecule has 0 bridgehead atoms. The van der Waals surface area contributed by atoms with E-state index < -0.39 is 12.0 Å². The fourth-order valence-corrected chi connectivity index (χ4v) is 2.51. The van der Waals surface area contributed by atoms with Crippen LogP contribution in [0.2, 0.25) is 5.02 Å². The van der Waals surface area contributed by atoms with E-state index in [0.717, 1.165) is 17.1 Å². The number of hydrogen-bond acceptors (Lipinski definition) is 3. The van der Waals surface area contributed by atoms with Crippen LogP contribution in [0.4, 0.5) is 0 Å². The van der Waals surface area contributed by atoms with Gasteiger partial charge in [-0.05, 0) is 31.2 Å². The van der Waals surface area contributed by atoms with E-state index in [9.17, 15) is 4.79 Å². The van der Waals surface area contributed by atoms with Gasteiger partial charge in [-0.15, -0.1) is 0 Å². The Kier molecular flexibility index (Phi) is 4.22. The summed E-state index contributed by atoms with van der Waals surface area (Å²) in [6.07, 6.45) is 0.645. The van der Waals surface area contributed by atoms with Crippen molar-refractivity contribution < 1.29 is 9.90 Å². The van der Waals surface area contributed by atoms with Crippen LogP contribution in [0.5, 0.6) is 0 Å². The summed E-state index contributed by atoms with van der Waals surface area (Å²) in [5.41, 5.74) is 1.14. The summed E-state index contributed by atoms with van der Waals surface area (Å²) in [5.74, 6) is -0.770. The summed E-state index contributed by atoms with van der Waals surface area (Å²) < 4.78 is 0. The van der Waals surface area contributed by atoms with E-state index in [1.54, 1.807) is 0 Å². The third-order valence-corrected chi connectivity index (χ3v) is 3.59. The molecule has 0 aliphatic carbocycles. The minimum atomic E-state index is -0.770. The average molecular weight is 269 g/mol. The van der Waals surface area contributed by atoms with E-state index >= 15 is 0 Å². The van der Waals surface area contributed by atoms with Crippen molar-refractivity contribution in [2.45, 2.75) is 25.0 Å². The Balaban J connectivity index is 1.93. The Hall–Kier alpha value is -1.10. The molecule has 5 heteroatoms. The van der Waals surface area contributed by atoms with Crippen molar-refractivity contribution in [1.29, 1.82) is 0 Å². The highest BCUT2D eigenvalue weighted by atomic mass is 35.5. The molecule has 1 fully saturated rings. The molecule has 1 saturated heterocycles. The predicted molar refractivity (Wildman–Crippen MR) is 70.8 cm³/mol. The van der Waals surface area contributed by atoms with Gasteiger partial charge in [-0.3, -0.25) is 9.69 Å².